The summed E-state index contributed by atoms with van der Waals surface area (Å²) >= 11 is 0. The molecule has 0 N–H and O–H groups in total. The van der Waals surface area contributed by atoms with Gasteiger partial charge in [-0.1, -0.05) is 120 Å². The third-order valence-corrected chi connectivity index (χ3v) is 11.8. The molecule has 6 rings (SSSR count). The van der Waals surface area contributed by atoms with Crippen molar-refractivity contribution in [1.82, 2.24) is 0 Å². The largest absolute Gasteiger partial charge is 0.494 e. The van der Waals surface area contributed by atoms with Crippen LogP contribution < -0.4 is 28.4 Å². The van der Waals surface area contributed by atoms with E-state index in [-0.39, 0.29) is 28.9 Å². The summed E-state index contributed by atoms with van der Waals surface area (Å²) in [6.07, 6.45) is 24.6. The summed E-state index contributed by atoms with van der Waals surface area (Å²) < 4.78 is 34.0. The molecule has 0 spiro atoms. The van der Waals surface area contributed by atoms with Gasteiger partial charge in [0.05, 0.1) is 29.9 Å². The lowest BCUT2D eigenvalue weighted by Crippen LogP contribution is -2.12. The third-order valence-electron chi connectivity index (χ3n) is 11.8. The lowest BCUT2D eigenvalue weighted by atomic mass is 10.1. The monoisotopic (exact) mass is 946 g/mol. The molecule has 1 aliphatic rings. The second-order valence-electron chi connectivity index (χ2n) is 17.4. The number of benzene rings is 5. The predicted molar refractivity (Wildman–Crippen MR) is 274 cm³/mol. The maximum Gasteiger partial charge on any atom is 0.343 e. The summed E-state index contributed by atoms with van der Waals surface area (Å²) in [4.78, 5) is 51.7. The number of hydrogen-bond donors (Lipinski definition) is 0. The lowest BCUT2D eigenvalue weighted by molar-refractivity contribution is -0.130. The number of allylic oxidation sites excluding steroid dienone is 2. The highest BCUT2D eigenvalue weighted by molar-refractivity contribution is 6.00. The Kier molecular flexibility index (Phi) is 21.6. The molecule has 0 saturated heterocycles. The van der Waals surface area contributed by atoms with E-state index >= 15 is 0 Å². The second-order valence-corrected chi connectivity index (χ2v) is 17.4. The molecule has 0 amide bonds. The average molecular weight is 947 g/mol. The summed E-state index contributed by atoms with van der Waals surface area (Å²) in [6, 6.07) is 34.1. The molecular formula is C60H66O10. The minimum atomic E-state index is -0.624. The van der Waals surface area contributed by atoms with Crippen molar-refractivity contribution in [3.05, 3.63) is 168 Å². The van der Waals surface area contributed by atoms with Crippen LogP contribution in [-0.4, -0.2) is 37.1 Å². The molecule has 5 aromatic carbocycles. The summed E-state index contributed by atoms with van der Waals surface area (Å²) in [5, 5.41) is 0. The molecule has 0 atom stereocenters. The standard InChI is InChI=1S/C60H66O10/c1-3-5-7-9-11-13-15-17-18-42-65-51-30-26-47(27-31-51)57(61)67-53-32-22-45(23-33-53)46-24-34-54(35-25-46)69-59(63)49-20-21-50(44-49)60(64)70-55-36-28-48(29-37-55)58(62)68-56-40-38-52(39-41-56)66-43-19-16-14-12-10-8-6-4-2/h3,20,22-41,44H,1,4-19,21,42-43H2,2H3. The highest BCUT2D eigenvalue weighted by atomic mass is 16.5. The van der Waals surface area contributed by atoms with Crippen LogP contribution in [0, 0.1) is 0 Å². The van der Waals surface area contributed by atoms with Crippen molar-refractivity contribution in [2.24, 2.45) is 0 Å². The Labute approximate surface area is 413 Å². The molecule has 1 aliphatic carbocycles. The van der Waals surface area contributed by atoms with Gasteiger partial charge in [-0.3, -0.25) is 0 Å². The van der Waals surface area contributed by atoms with Gasteiger partial charge in [0.1, 0.15) is 34.5 Å². The highest BCUT2D eigenvalue weighted by Gasteiger charge is 2.22. The van der Waals surface area contributed by atoms with Crippen LogP contribution in [0.3, 0.4) is 0 Å². The number of ether oxygens (including phenoxy) is 6. The SMILES string of the molecule is C=CCCCCCCCCCOc1ccc(C(=O)Oc2ccc(-c3ccc(OC(=O)C4=CCC(C(=O)Oc5ccc(C(=O)Oc6ccc(OCCCCCCCCCC)cc6)cc5)=C4)cc3)cc2)cc1. The van der Waals surface area contributed by atoms with Gasteiger partial charge >= 0.3 is 23.9 Å². The molecule has 0 aliphatic heterocycles. The van der Waals surface area contributed by atoms with Gasteiger partial charge in [-0.25, -0.2) is 19.2 Å². The number of unbranched alkanes of at least 4 members (excludes halogenated alkanes) is 14. The van der Waals surface area contributed by atoms with E-state index in [1.807, 2.05) is 30.3 Å². The number of rotatable bonds is 30. The maximum atomic E-state index is 13.0. The number of carbonyl (C=O) groups excluding carboxylic acids is 4. The molecule has 366 valence electrons. The molecule has 10 nitrogen and oxygen atoms in total. The van der Waals surface area contributed by atoms with E-state index in [0.29, 0.717) is 36.0 Å². The van der Waals surface area contributed by atoms with E-state index in [0.717, 1.165) is 54.7 Å². The van der Waals surface area contributed by atoms with Gasteiger partial charge in [0.15, 0.2) is 0 Å². The first-order valence-corrected chi connectivity index (χ1v) is 24.9. The van der Waals surface area contributed by atoms with Gasteiger partial charge in [0, 0.05) is 5.57 Å². The highest BCUT2D eigenvalue weighted by Crippen LogP contribution is 2.28. The molecule has 0 bridgehead atoms. The van der Waals surface area contributed by atoms with Crippen LogP contribution in [0.1, 0.15) is 137 Å². The third kappa shape index (κ3) is 17.7. The first-order chi connectivity index (χ1) is 34.3. The number of carbonyl (C=O) groups is 4. The Morgan fingerprint density at radius 2 is 0.786 bits per heavy atom. The second kappa shape index (κ2) is 29.0. The Hall–Kier alpha value is -7.20. The van der Waals surface area contributed by atoms with E-state index in [4.69, 9.17) is 28.4 Å². The molecule has 0 unspecified atom stereocenters. The Balaban J connectivity index is 0.870. The van der Waals surface area contributed by atoms with Crippen molar-refractivity contribution in [3.63, 3.8) is 0 Å². The van der Waals surface area contributed by atoms with Crippen LogP contribution in [0.15, 0.2) is 157 Å². The molecule has 0 aromatic heterocycles. The van der Waals surface area contributed by atoms with E-state index in [1.54, 1.807) is 78.9 Å². The zero-order chi connectivity index (χ0) is 49.2. The molecule has 0 heterocycles. The van der Waals surface area contributed by atoms with Crippen molar-refractivity contribution in [3.8, 4) is 45.6 Å². The van der Waals surface area contributed by atoms with Crippen LogP contribution in [-0.2, 0) is 9.59 Å². The summed E-state index contributed by atoms with van der Waals surface area (Å²) in [6.45, 7) is 7.30. The molecule has 0 fully saturated rings. The van der Waals surface area contributed by atoms with Crippen LogP contribution in [0.25, 0.3) is 11.1 Å². The quantitative estimate of drug-likeness (QED) is 0.0190. The Bertz CT molecular complexity index is 2480. The average Bonchev–Trinajstić information content (AvgIpc) is 3.89. The number of esters is 4. The molecular weight excluding hydrogens is 881 g/mol. The molecule has 0 saturated carbocycles. The van der Waals surface area contributed by atoms with Gasteiger partial charge in [-0.05, 0) is 146 Å². The first-order valence-electron chi connectivity index (χ1n) is 24.9. The van der Waals surface area contributed by atoms with Gasteiger partial charge in [-0.15, -0.1) is 6.58 Å². The van der Waals surface area contributed by atoms with E-state index < -0.39 is 23.9 Å². The summed E-state index contributed by atoms with van der Waals surface area (Å²) in [5.74, 6) is 0.550. The Morgan fingerprint density at radius 3 is 1.24 bits per heavy atom. The maximum absolute atomic E-state index is 13.0. The van der Waals surface area contributed by atoms with Crippen LogP contribution in [0.4, 0.5) is 0 Å². The van der Waals surface area contributed by atoms with Crippen LogP contribution >= 0.6 is 0 Å². The minimum Gasteiger partial charge on any atom is -0.494 e. The van der Waals surface area contributed by atoms with E-state index in [9.17, 15) is 19.2 Å². The molecule has 10 heteroatoms. The van der Waals surface area contributed by atoms with Crippen molar-refractivity contribution >= 4 is 23.9 Å². The summed E-state index contributed by atoms with van der Waals surface area (Å²) in [7, 11) is 0. The van der Waals surface area contributed by atoms with Crippen LogP contribution in [0.5, 0.6) is 34.5 Å². The van der Waals surface area contributed by atoms with Gasteiger partial charge < -0.3 is 28.4 Å². The molecule has 0 radical (unpaired) electrons. The Morgan fingerprint density at radius 1 is 0.429 bits per heavy atom. The van der Waals surface area contributed by atoms with Crippen molar-refractivity contribution in [1.29, 1.82) is 0 Å². The number of hydrogen-bond acceptors (Lipinski definition) is 10. The summed E-state index contributed by atoms with van der Waals surface area (Å²) in [5.41, 5.74) is 2.96. The smallest absolute Gasteiger partial charge is 0.343 e. The zero-order valence-electron chi connectivity index (χ0n) is 40.5. The van der Waals surface area contributed by atoms with Gasteiger partial charge in [-0.2, -0.15) is 0 Å². The first kappa shape index (κ1) is 52.2. The minimum absolute atomic E-state index is 0.194. The fourth-order valence-corrected chi connectivity index (χ4v) is 7.75. The van der Waals surface area contributed by atoms with E-state index in [1.165, 1.54) is 101 Å². The van der Waals surface area contributed by atoms with E-state index in [2.05, 4.69) is 13.5 Å². The predicted octanol–water partition coefficient (Wildman–Crippen LogP) is 14.8. The van der Waals surface area contributed by atoms with Gasteiger partial charge in [0.2, 0.25) is 0 Å². The zero-order valence-corrected chi connectivity index (χ0v) is 40.5. The topological polar surface area (TPSA) is 124 Å². The normalized spacial score (nSPS) is 11.8. The van der Waals surface area contributed by atoms with Gasteiger partial charge in [0.25, 0.3) is 0 Å². The lowest BCUT2D eigenvalue weighted by Gasteiger charge is -2.09. The fraction of sp³-hybridized carbons (Fsp3) is 0.333. The van der Waals surface area contributed by atoms with Crippen molar-refractivity contribution in [2.75, 3.05) is 13.2 Å². The van der Waals surface area contributed by atoms with Crippen LogP contribution in [0.2, 0.25) is 0 Å². The molecule has 70 heavy (non-hydrogen) atoms. The van der Waals surface area contributed by atoms with Crippen molar-refractivity contribution in [2.45, 2.75) is 116 Å². The fourth-order valence-electron chi connectivity index (χ4n) is 7.75. The van der Waals surface area contributed by atoms with Crippen molar-refractivity contribution < 1.29 is 47.6 Å². The molecule has 5 aromatic rings.